The van der Waals surface area contributed by atoms with Gasteiger partial charge in [0, 0.05) is 25.7 Å². The molecule has 0 spiro atoms. The number of amides is 1. The number of aliphatic hydroxyl groups excluding tert-OH is 1. The lowest BCUT2D eigenvalue weighted by atomic mass is 9.78. The van der Waals surface area contributed by atoms with E-state index in [-0.39, 0.29) is 31.1 Å². The molecule has 1 fully saturated rings. The van der Waals surface area contributed by atoms with E-state index >= 15 is 0 Å². The summed E-state index contributed by atoms with van der Waals surface area (Å²) in [5.41, 5.74) is 2.45. The largest absolute Gasteiger partial charge is 0.456 e. The van der Waals surface area contributed by atoms with Crippen LogP contribution in [-0.2, 0) is 20.9 Å². The first-order chi connectivity index (χ1) is 16.9. The van der Waals surface area contributed by atoms with Gasteiger partial charge in [-0.15, -0.1) is 5.10 Å². The van der Waals surface area contributed by atoms with E-state index in [2.05, 4.69) is 39.3 Å². The number of esters is 1. The van der Waals surface area contributed by atoms with Crippen LogP contribution in [0.5, 0.6) is 0 Å². The number of rotatable bonds is 11. The van der Waals surface area contributed by atoms with E-state index in [1.165, 1.54) is 6.33 Å². The number of likely N-dealkylation sites (tertiary alicyclic amines) is 1. The topological polar surface area (TPSA) is 127 Å². The number of hydrogen-bond donors (Lipinski definition) is 1. The van der Waals surface area contributed by atoms with Crippen LogP contribution in [0.1, 0.15) is 52.1 Å². The Balaban J connectivity index is 1.39. The summed E-state index contributed by atoms with van der Waals surface area (Å²) in [5.74, 6) is -0.247. The summed E-state index contributed by atoms with van der Waals surface area (Å²) < 4.78 is 6.67. The van der Waals surface area contributed by atoms with Crippen molar-refractivity contribution in [2.75, 3.05) is 26.3 Å². The lowest BCUT2D eigenvalue weighted by Gasteiger charge is -2.32. The van der Waals surface area contributed by atoms with Crippen LogP contribution in [0.3, 0.4) is 0 Å². The third-order valence-corrected chi connectivity index (χ3v) is 7.43. The number of tetrazole rings is 1. The molecular formula is C24H33N7O4. The molecule has 1 N–H and O–H groups in total. The summed E-state index contributed by atoms with van der Waals surface area (Å²) in [4.78, 5) is 33.8. The van der Waals surface area contributed by atoms with Crippen molar-refractivity contribution in [3.8, 4) is 5.69 Å². The van der Waals surface area contributed by atoms with E-state index < -0.39 is 5.41 Å². The number of hydrogen-bond acceptors (Lipinski definition) is 9. The molecule has 35 heavy (non-hydrogen) atoms. The summed E-state index contributed by atoms with van der Waals surface area (Å²) >= 11 is 0. The lowest BCUT2D eigenvalue weighted by Crippen LogP contribution is -2.38. The van der Waals surface area contributed by atoms with Gasteiger partial charge in [0.25, 0.3) is 0 Å². The fourth-order valence-electron chi connectivity index (χ4n) is 4.95. The molecule has 0 bridgehead atoms. The van der Waals surface area contributed by atoms with Gasteiger partial charge in [0.15, 0.2) is 0 Å². The number of ether oxygens (including phenoxy) is 1. The van der Waals surface area contributed by atoms with E-state index in [1.54, 1.807) is 22.7 Å². The second kappa shape index (κ2) is 10.6. The maximum Gasteiger partial charge on any atom is 0.336 e. The van der Waals surface area contributed by atoms with Crippen LogP contribution in [0.15, 0.2) is 35.9 Å². The van der Waals surface area contributed by atoms with Gasteiger partial charge in [0.05, 0.1) is 40.9 Å². The van der Waals surface area contributed by atoms with Crippen LogP contribution in [0, 0.1) is 5.41 Å². The fourth-order valence-corrected chi connectivity index (χ4v) is 4.95. The molecule has 2 aliphatic heterocycles. The lowest BCUT2D eigenvalue weighted by molar-refractivity contribution is -0.137. The van der Waals surface area contributed by atoms with Crippen molar-refractivity contribution in [3.05, 3.63) is 41.6 Å². The molecule has 1 amide bonds. The summed E-state index contributed by atoms with van der Waals surface area (Å²) in [6.45, 7) is 7.85. The van der Waals surface area contributed by atoms with Crippen molar-refractivity contribution >= 4 is 11.9 Å². The molecule has 1 saturated heterocycles. The summed E-state index contributed by atoms with van der Waals surface area (Å²) in [5, 5.41) is 20.8. The summed E-state index contributed by atoms with van der Waals surface area (Å²) in [6.07, 6.45) is 6.30. The van der Waals surface area contributed by atoms with Crippen molar-refractivity contribution < 1.29 is 19.4 Å². The molecule has 4 rings (SSSR count). The van der Waals surface area contributed by atoms with Gasteiger partial charge < -0.3 is 14.7 Å². The van der Waals surface area contributed by atoms with E-state index in [0.717, 1.165) is 37.1 Å². The highest BCUT2D eigenvalue weighted by Gasteiger charge is 2.47. The molecule has 0 aromatic carbocycles. The summed E-state index contributed by atoms with van der Waals surface area (Å²) in [7, 11) is 0. The quantitative estimate of drug-likeness (QED) is 0.473. The Morgan fingerprint density at radius 1 is 1.31 bits per heavy atom. The Labute approximate surface area is 204 Å². The van der Waals surface area contributed by atoms with Gasteiger partial charge in [-0.2, -0.15) is 4.68 Å². The number of cyclic esters (lactones) is 1. The summed E-state index contributed by atoms with van der Waals surface area (Å²) in [6, 6.07) is 3.99. The van der Waals surface area contributed by atoms with Gasteiger partial charge in [-0.1, -0.05) is 6.92 Å². The second-order valence-corrected chi connectivity index (χ2v) is 9.33. The molecule has 4 heterocycles. The maximum absolute atomic E-state index is 13.5. The Morgan fingerprint density at radius 2 is 2.14 bits per heavy atom. The monoisotopic (exact) mass is 483 g/mol. The first-order valence-electron chi connectivity index (χ1n) is 12.1. The molecule has 0 saturated carbocycles. The third kappa shape index (κ3) is 5.10. The zero-order chi connectivity index (χ0) is 25.0. The van der Waals surface area contributed by atoms with E-state index in [4.69, 9.17) is 4.74 Å². The second-order valence-electron chi connectivity index (χ2n) is 9.33. The van der Waals surface area contributed by atoms with Crippen molar-refractivity contribution in [2.24, 2.45) is 5.41 Å². The molecule has 0 aliphatic carbocycles. The van der Waals surface area contributed by atoms with E-state index in [1.807, 2.05) is 12.1 Å². The average Bonchev–Trinajstić information content (AvgIpc) is 3.59. The molecular weight excluding hydrogens is 450 g/mol. The van der Waals surface area contributed by atoms with Crippen molar-refractivity contribution in [1.29, 1.82) is 0 Å². The van der Waals surface area contributed by atoms with Gasteiger partial charge in [0.1, 0.15) is 12.9 Å². The Morgan fingerprint density at radius 3 is 2.74 bits per heavy atom. The number of pyridine rings is 1. The molecule has 188 valence electrons. The molecule has 2 atom stereocenters. The van der Waals surface area contributed by atoms with Gasteiger partial charge in [-0.3, -0.25) is 14.7 Å². The number of aliphatic hydroxyl groups is 1. The number of aromatic nitrogens is 5. The third-order valence-electron chi connectivity index (χ3n) is 7.43. The van der Waals surface area contributed by atoms with Gasteiger partial charge in [-0.05, 0) is 62.1 Å². The van der Waals surface area contributed by atoms with Gasteiger partial charge in [-0.25, -0.2) is 4.79 Å². The van der Waals surface area contributed by atoms with Crippen LogP contribution in [0.2, 0.25) is 0 Å². The molecule has 11 nitrogen and oxygen atoms in total. The minimum absolute atomic E-state index is 0.0418. The van der Waals surface area contributed by atoms with E-state index in [9.17, 15) is 14.7 Å². The van der Waals surface area contributed by atoms with E-state index in [0.29, 0.717) is 30.9 Å². The highest BCUT2D eigenvalue weighted by atomic mass is 16.5. The van der Waals surface area contributed by atoms with Crippen molar-refractivity contribution in [2.45, 2.75) is 59.0 Å². The van der Waals surface area contributed by atoms with Crippen LogP contribution in [-0.4, -0.2) is 84.3 Å². The zero-order valence-electron chi connectivity index (χ0n) is 20.6. The van der Waals surface area contributed by atoms with Crippen LogP contribution in [0.4, 0.5) is 0 Å². The minimum Gasteiger partial charge on any atom is -0.456 e. The zero-order valence-corrected chi connectivity index (χ0v) is 20.6. The Hall–Kier alpha value is -3.18. The maximum atomic E-state index is 13.5. The predicted octanol–water partition coefficient (Wildman–Crippen LogP) is 1.48. The molecule has 0 unspecified atom stereocenters. The molecule has 2 aromatic heterocycles. The highest BCUT2D eigenvalue weighted by molar-refractivity contribution is 5.94. The standard InChI is InChI=1S/C24H33N7O4/c1-4-24(9-10-30(23(24)34)21-15-35-22(33)18(21)3)8-7-17(2)29(11-12-32)14-19-5-6-20(13-25-19)31-16-26-27-28-31/h5-6,13,16-17,32H,4,7-12,14-15H2,1-3H3/t17-,24+/m1/s1. The van der Waals surface area contributed by atoms with Crippen molar-refractivity contribution in [3.63, 3.8) is 0 Å². The minimum atomic E-state index is -0.441. The molecule has 11 heteroatoms. The molecule has 2 aliphatic rings. The Bertz CT molecular complexity index is 1070. The van der Waals surface area contributed by atoms with Gasteiger partial charge >= 0.3 is 5.97 Å². The van der Waals surface area contributed by atoms with Crippen LogP contribution in [0.25, 0.3) is 5.69 Å². The number of nitrogens with zero attached hydrogens (tertiary/aromatic N) is 7. The number of carbonyl (C=O) groups is 2. The first-order valence-corrected chi connectivity index (χ1v) is 12.1. The highest BCUT2D eigenvalue weighted by Crippen LogP contribution is 2.42. The molecule has 0 radical (unpaired) electrons. The molecule has 2 aromatic rings. The number of carbonyl (C=O) groups excluding carboxylic acids is 2. The van der Waals surface area contributed by atoms with Crippen molar-refractivity contribution in [1.82, 2.24) is 35.0 Å². The normalized spacial score (nSPS) is 21.3. The smallest absolute Gasteiger partial charge is 0.336 e. The fraction of sp³-hybridized carbons (Fsp3) is 0.583. The van der Waals surface area contributed by atoms with Gasteiger partial charge in [0.2, 0.25) is 5.91 Å². The van der Waals surface area contributed by atoms with Crippen LogP contribution >= 0.6 is 0 Å². The van der Waals surface area contributed by atoms with Crippen LogP contribution < -0.4 is 0 Å². The SMILES string of the molecule is CC[C@]1(CC[C@@H](C)N(CCO)Cc2ccc(-n3cnnn3)cn2)CCN(C2=C(C)C(=O)OC2)C1=O. The average molecular weight is 484 g/mol. The Kier molecular flexibility index (Phi) is 7.56. The predicted molar refractivity (Wildman–Crippen MR) is 126 cm³/mol. The first kappa shape index (κ1) is 24.9.